The molecule has 1 saturated heterocycles. The van der Waals surface area contributed by atoms with Crippen molar-refractivity contribution in [2.75, 3.05) is 46.3 Å². The molecule has 1 heterocycles. The van der Waals surface area contributed by atoms with Crippen molar-refractivity contribution in [3.63, 3.8) is 0 Å². The summed E-state index contributed by atoms with van der Waals surface area (Å²) in [5.41, 5.74) is 0. The summed E-state index contributed by atoms with van der Waals surface area (Å²) < 4.78 is 5.03. The minimum atomic E-state index is 0.690. The number of hydrogen-bond donors (Lipinski definition) is 1. The Bertz CT molecular complexity index is 144. The number of likely N-dealkylation sites (tertiary alicyclic amines) is 1. The Hall–Kier alpha value is 0.310. The number of nitrogens with one attached hydrogen (secondary N) is 1. The molecular formula is C10H23N2OP. The van der Waals surface area contributed by atoms with Crippen molar-refractivity contribution in [1.82, 2.24) is 10.2 Å². The van der Waals surface area contributed by atoms with E-state index in [1.54, 1.807) is 7.11 Å². The molecule has 0 aromatic rings. The van der Waals surface area contributed by atoms with Crippen molar-refractivity contribution in [2.24, 2.45) is 0 Å². The van der Waals surface area contributed by atoms with Crippen LogP contribution in [0.5, 0.6) is 0 Å². The third kappa shape index (κ3) is 4.70. The van der Waals surface area contributed by atoms with Crippen molar-refractivity contribution < 1.29 is 4.74 Å². The van der Waals surface area contributed by atoms with Crippen LogP contribution < -0.4 is 5.32 Å². The second-order valence-electron chi connectivity index (χ2n) is 3.87. The van der Waals surface area contributed by atoms with Crippen molar-refractivity contribution in [1.29, 1.82) is 0 Å². The molecule has 0 radical (unpaired) electrons. The first-order chi connectivity index (χ1) is 6.86. The molecule has 0 aromatic carbocycles. The maximum atomic E-state index is 5.03. The van der Waals surface area contributed by atoms with Gasteiger partial charge in [0, 0.05) is 32.5 Å². The molecule has 0 bridgehead atoms. The van der Waals surface area contributed by atoms with Crippen LogP contribution in [0.3, 0.4) is 0 Å². The normalized spacial score (nSPS) is 24.9. The van der Waals surface area contributed by atoms with Crippen LogP contribution >= 0.6 is 8.58 Å². The van der Waals surface area contributed by atoms with Crippen molar-refractivity contribution >= 4 is 8.58 Å². The van der Waals surface area contributed by atoms with Crippen LogP contribution in [0.4, 0.5) is 0 Å². The fourth-order valence-corrected chi connectivity index (χ4v) is 2.69. The number of piperidine rings is 1. The van der Waals surface area contributed by atoms with Gasteiger partial charge in [0.1, 0.15) is 0 Å². The third-order valence-corrected chi connectivity index (χ3v) is 3.39. The van der Waals surface area contributed by atoms with Crippen molar-refractivity contribution in [3.05, 3.63) is 0 Å². The predicted octanol–water partition coefficient (Wildman–Crippen LogP) is 0.953. The number of nitrogens with zero attached hydrogens (tertiary/aromatic N) is 1. The molecule has 0 aromatic heterocycles. The molecule has 14 heavy (non-hydrogen) atoms. The molecule has 3 nitrogen and oxygen atoms in total. The van der Waals surface area contributed by atoms with Gasteiger partial charge in [0.05, 0.1) is 6.61 Å². The molecule has 1 aliphatic heterocycles. The molecule has 0 amide bonds. The van der Waals surface area contributed by atoms with Crippen LogP contribution in [-0.4, -0.2) is 57.2 Å². The Balaban J connectivity index is 2.12. The van der Waals surface area contributed by atoms with E-state index in [9.17, 15) is 0 Å². The van der Waals surface area contributed by atoms with Gasteiger partial charge in [0.15, 0.2) is 0 Å². The SMILES string of the molecule is COCCNC1CCCN(CPC)C1. The van der Waals surface area contributed by atoms with Gasteiger partial charge in [0.2, 0.25) is 0 Å². The maximum absolute atomic E-state index is 5.03. The lowest BCUT2D eigenvalue weighted by atomic mass is 10.1. The number of methoxy groups -OCH3 is 1. The highest BCUT2D eigenvalue weighted by Gasteiger charge is 2.17. The van der Waals surface area contributed by atoms with Gasteiger partial charge in [-0.05, 0) is 26.1 Å². The Labute approximate surface area is 89.4 Å². The zero-order valence-electron chi connectivity index (χ0n) is 9.38. The summed E-state index contributed by atoms with van der Waals surface area (Å²) in [5.74, 6) is 0. The number of hydrogen-bond acceptors (Lipinski definition) is 3. The Morgan fingerprint density at radius 2 is 2.43 bits per heavy atom. The van der Waals surface area contributed by atoms with Gasteiger partial charge >= 0.3 is 0 Å². The first-order valence-corrected chi connectivity index (χ1v) is 7.16. The minimum Gasteiger partial charge on any atom is -0.383 e. The molecule has 1 fully saturated rings. The smallest absolute Gasteiger partial charge is 0.0587 e. The van der Waals surface area contributed by atoms with Gasteiger partial charge in [-0.25, -0.2) is 0 Å². The van der Waals surface area contributed by atoms with Crippen LogP contribution in [0.25, 0.3) is 0 Å². The highest BCUT2D eigenvalue weighted by atomic mass is 31.1. The summed E-state index contributed by atoms with van der Waals surface area (Å²) in [6.45, 7) is 6.62. The molecule has 1 N–H and O–H groups in total. The van der Waals surface area contributed by atoms with Crippen molar-refractivity contribution in [2.45, 2.75) is 18.9 Å². The van der Waals surface area contributed by atoms with E-state index in [0.717, 1.165) is 21.7 Å². The molecule has 84 valence electrons. The Kier molecular flexibility index (Phi) is 6.70. The summed E-state index contributed by atoms with van der Waals surface area (Å²) in [5, 5.41) is 3.55. The fraction of sp³-hybridized carbons (Fsp3) is 1.00. The lowest BCUT2D eigenvalue weighted by Gasteiger charge is -2.32. The van der Waals surface area contributed by atoms with E-state index in [0.29, 0.717) is 6.04 Å². The molecule has 0 aliphatic carbocycles. The number of rotatable bonds is 6. The van der Waals surface area contributed by atoms with Gasteiger partial charge in [-0.2, -0.15) is 0 Å². The van der Waals surface area contributed by atoms with Gasteiger partial charge in [0.25, 0.3) is 0 Å². The van der Waals surface area contributed by atoms with E-state index >= 15 is 0 Å². The largest absolute Gasteiger partial charge is 0.383 e. The van der Waals surface area contributed by atoms with Gasteiger partial charge < -0.3 is 10.1 Å². The average molecular weight is 218 g/mol. The molecule has 2 unspecified atom stereocenters. The molecular weight excluding hydrogens is 195 g/mol. The second kappa shape index (κ2) is 7.58. The van der Waals surface area contributed by atoms with E-state index in [2.05, 4.69) is 16.9 Å². The molecule has 4 heteroatoms. The molecule has 0 saturated carbocycles. The van der Waals surface area contributed by atoms with Crippen LogP contribution in [0.2, 0.25) is 0 Å². The molecule has 1 aliphatic rings. The van der Waals surface area contributed by atoms with E-state index in [-0.39, 0.29) is 0 Å². The monoisotopic (exact) mass is 218 g/mol. The van der Waals surface area contributed by atoms with Gasteiger partial charge in [-0.3, -0.25) is 4.90 Å². The average Bonchev–Trinajstić information content (AvgIpc) is 2.19. The first kappa shape index (κ1) is 12.4. The maximum Gasteiger partial charge on any atom is 0.0587 e. The van der Waals surface area contributed by atoms with Gasteiger partial charge in [-0.1, -0.05) is 0 Å². The summed E-state index contributed by atoms with van der Waals surface area (Å²) >= 11 is 0. The van der Waals surface area contributed by atoms with E-state index in [4.69, 9.17) is 4.74 Å². The van der Waals surface area contributed by atoms with Gasteiger partial charge in [-0.15, -0.1) is 8.58 Å². The van der Waals surface area contributed by atoms with E-state index < -0.39 is 0 Å². The summed E-state index contributed by atoms with van der Waals surface area (Å²) in [6, 6.07) is 0.690. The standard InChI is InChI=1S/C10H23N2OP/c1-13-7-5-11-10-4-3-6-12(8-10)9-14-2/h10-11,14H,3-9H2,1-2H3. The summed E-state index contributed by atoms with van der Waals surface area (Å²) in [4.78, 5) is 2.58. The molecule has 1 rings (SSSR count). The van der Waals surface area contributed by atoms with E-state index in [1.165, 1.54) is 32.2 Å². The highest BCUT2D eigenvalue weighted by molar-refractivity contribution is 7.36. The van der Waals surface area contributed by atoms with Crippen LogP contribution in [0.15, 0.2) is 0 Å². The first-order valence-electron chi connectivity index (χ1n) is 5.46. The van der Waals surface area contributed by atoms with Crippen LogP contribution in [0, 0.1) is 0 Å². The lowest BCUT2D eigenvalue weighted by molar-refractivity contribution is 0.177. The fourth-order valence-electron chi connectivity index (χ4n) is 1.95. The third-order valence-electron chi connectivity index (χ3n) is 2.63. The number of ether oxygens (including phenoxy) is 1. The van der Waals surface area contributed by atoms with E-state index in [1.807, 2.05) is 0 Å². The predicted molar refractivity (Wildman–Crippen MR) is 63.6 cm³/mol. The zero-order valence-corrected chi connectivity index (χ0v) is 10.4. The second-order valence-corrected chi connectivity index (χ2v) is 4.90. The summed E-state index contributed by atoms with van der Waals surface area (Å²) in [6.07, 6.45) is 3.95. The molecule has 2 atom stereocenters. The van der Waals surface area contributed by atoms with Crippen LogP contribution in [0.1, 0.15) is 12.8 Å². The van der Waals surface area contributed by atoms with Crippen molar-refractivity contribution in [3.8, 4) is 0 Å². The zero-order chi connectivity index (χ0) is 10.2. The quantitative estimate of drug-likeness (QED) is 0.531. The molecule has 0 spiro atoms. The Morgan fingerprint density at radius 1 is 1.57 bits per heavy atom. The minimum absolute atomic E-state index is 0.690. The lowest BCUT2D eigenvalue weighted by Crippen LogP contribution is -2.46. The Morgan fingerprint density at radius 3 is 3.14 bits per heavy atom. The topological polar surface area (TPSA) is 24.5 Å². The summed E-state index contributed by atoms with van der Waals surface area (Å²) in [7, 11) is 2.81. The highest BCUT2D eigenvalue weighted by Crippen LogP contribution is 2.14. The van der Waals surface area contributed by atoms with Crippen LogP contribution in [-0.2, 0) is 4.74 Å².